The highest BCUT2D eigenvalue weighted by molar-refractivity contribution is 5.76. The number of rotatable bonds is 2. The average molecular weight is 255 g/mol. The Hall–Kier alpha value is -1.68. The van der Waals surface area contributed by atoms with Gasteiger partial charge in [0.25, 0.3) is 0 Å². The normalized spacial score (nSPS) is 21.5. The molecule has 1 aromatic carbocycles. The van der Waals surface area contributed by atoms with Gasteiger partial charge < -0.3 is 10.0 Å². The third-order valence-electron chi connectivity index (χ3n) is 4.29. The minimum atomic E-state index is -0.472. The van der Waals surface area contributed by atoms with Gasteiger partial charge in [-0.15, -0.1) is 0 Å². The van der Waals surface area contributed by atoms with Gasteiger partial charge in [0, 0.05) is 0 Å². The lowest BCUT2D eigenvalue weighted by molar-refractivity contribution is -0.00980. The van der Waals surface area contributed by atoms with Crippen molar-refractivity contribution in [2.75, 3.05) is 18.0 Å². The predicted octanol–water partition coefficient (Wildman–Crippen LogP) is 1.90. The zero-order chi connectivity index (χ0) is 13.0. The van der Waals surface area contributed by atoms with E-state index in [1.807, 2.05) is 31.2 Å². The highest BCUT2D eigenvalue weighted by Gasteiger charge is 2.52. The summed E-state index contributed by atoms with van der Waals surface area (Å²) in [6.45, 7) is 3.39. The lowest BCUT2D eigenvalue weighted by atomic mass is 9.88. The molecule has 1 saturated heterocycles. The summed E-state index contributed by atoms with van der Waals surface area (Å²) in [6.07, 6.45) is 2.35. The number of hydrogen-bond donors (Lipinski definition) is 1. The molecule has 1 aromatic heterocycles. The van der Waals surface area contributed by atoms with E-state index < -0.39 is 5.60 Å². The van der Waals surface area contributed by atoms with Gasteiger partial charge in [0.05, 0.1) is 29.8 Å². The van der Waals surface area contributed by atoms with Crippen LogP contribution in [0.4, 0.5) is 5.82 Å². The summed E-state index contributed by atoms with van der Waals surface area (Å²) in [7, 11) is 0. The Morgan fingerprint density at radius 3 is 2.42 bits per heavy atom. The van der Waals surface area contributed by atoms with Crippen LogP contribution in [-0.2, 0) is 0 Å². The molecule has 0 radical (unpaired) electrons. The van der Waals surface area contributed by atoms with Gasteiger partial charge in [0.15, 0.2) is 5.82 Å². The summed E-state index contributed by atoms with van der Waals surface area (Å²) in [5.74, 6) is 1.43. The fourth-order valence-electron chi connectivity index (χ4n) is 3.02. The average Bonchev–Trinajstić information content (AvgIpc) is 3.19. The van der Waals surface area contributed by atoms with Crippen LogP contribution in [-0.4, -0.2) is 33.8 Å². The molecule has 1 saturated carbocycles. The second-order valence-electron chi connectivity index (χ2n) is 5.86. The van der Waals surface area contributed by atoms with Gasteiger partial charge in [-0.3, -0.25) is 0 Å². The summed E-state index contributed by atoms with van der Waals surface area (Å²) in [5.41, 5.74) is 2.32. The number of benzene rings is 1. The van der Waals surface area contributed by atoms with E-state index in [9.17, 15) is 5.11 Å². The smallest absolute Gasteiger partial charge is 0.151 e. The number of hydrogen-bond acceptors (Lipinski definition) is 4. The minimum Gasteiger partial charge on any atom is -0.386 e. The molecular formula is C15H17N3O. The first-order chi connectivity index (χ1) is 9.16. The van der Waals surface area contributed by atoms with Gasteiger partial charge in [-0.1, -0.05) is 12.1 Å². The monoisotopic (exact) mass is 255 g/mol. The van der Waals surface area contributed by atoms with Crippen LogP contribution in [0.15, 0.2) is 24.3 Å². The maximum absolute atomic E-state index is 10.4. The summed E-state index contributed by atoms with van der Waals surface area (Å²) in [6, 6.07) is 7.92. The second-order valence-corrected chi connectivity index (χ2v) is 5.86. The third-order valence-corrected chi connectivity index (χ3v) is 4.29. The molecule has 2 fully saturated rings. The Balaban J connectivity index is 1.66. The number of nitrogens with zero attached hydrogens (tertiary/aromatic N) is 3. The molecule has 0 spiro atoms. The standard InChI is InChI=1S/C15H17N3O/c1-10-14(17-13-5-3-2-4-12(13)16-10)18-8-15(19,9-18)11-6-7-11/h2-5,11,19H,6-9H2,1H3. The number of anilines is 1. The fourth-order valence-corrected chi connectivity index (χ4v) is 3.02. The van der Waals surface area contributed by atoms with Crippen molar-refractivity contribution in [1.29, 1.82) is 0 Å². The maximum Gasteiger partial charge on any atom is 0.151 e. The van der Waals surface area contributed by atoms with E-state index in [-0.39, 0.29) is 0 Å². The summed E-state index contributed by atoms with van der Waals surface area (Å²) >= 11 is 0. The van der Waals surface area contributed by atoms with Gasteiger partial charge in [-0.25, -0.2) is 9.97 Å². The number of fused-ring (bicyclic) bond motifs is 1. The summed E-state index contributed by atoms with van der Waals surface area (Å²) in [4.78, 5) is 11.4. The zero-order valence-corrected chi connectivity index (χ0v) is 11.0. The SMILES string of the molecule is Cc1nc2ccccc2nc1N1CC(O)(C2CC2)C1. The molecule has 1 aliphatic heterocycles. The summed E-state index contributed by atoms with van der Waals surface area (Å²) in [5, 5.41) is 10.4. The van der Waals surface area contributed by atoms with E-state index in [1.165, 1.54) is 12.8 Å². The van der Waals surface area contributed by atoms with Crippen molar-refractivity contribution in [1.82, 2.24) is 9.97 Å². The molecule has 2 heterocycles. The summed E-state index contributed by atoms with van der Waals surface area (Å²) < 4.78 is 0. The zero-order valence-electron chi connectivity index (χ0n) is 11.0. The Morgan fingerprint density at radius 1 is 1.16 bits per heavy atom. The lowest BCUT2D eigenvalue weighted by Crippen LogP contribution is -2.63. The van der Waals surface area contributed by atoms with Crippen molar-refractivity contribution in [3.63, 3.8) is 0 Å². The molecule has 0 amide bonds. The van der Waals surface area contributed by atoms with Crippen molar-refractivity contribution < 1.29 is 5.11 Å². The van der Waals surface area contributed by atoms with E-state index >= 15 is 0 Å². The lowest BCUT2D eigenvalue weighted by Gasteiger charge is -2.48. The number of aliphatic hydroxyl groups is 1. The molecule has 1 N–H and O–H groups in total. The number of para-hydroxylation sites is 2. The number of aryl methyl sites for hydroxylation is 1. The molecule has 0 atom stereocenters. The van der Waals surface area contributed by atoms with E-state index in [0.717, 1.165) is 22.5 Å². The van der Waals surface area contributed by atoms with E-state index in [1.54, 1.807) is 0 Å². The van der Waals surface area contributed by atoms with E-state index in [4.69, 9.17) is 4.98 Å². The maximum atomic E-state index is 10.4. The van der Waals surface area contributed by atoms with Crippen LogP contribution in [0.3, 0.4) is 0 Å². The largest absolute Gasteiger partial charge is 0.386 e. The first-order valence-electron chi connectivity index (χ1n) is 6.86. The molecule has 19 heavy (non-hydrogen) atoms. The van der Waals surface area contributed by atoms with Crippen LogP contribution in [0.5, 0.6) is 0 Å². The van der Waals surface area contributed by atoms with Gasteiger partial charge in [0.2, 0.25) is 0 Å². The predicted molar refractivity (Wildman–Crippen MR) is 74.2 cm³/mol. The molecule has 1 aliphatic carbocycles. The first kappa shape index (κ1) is 11.2. The van der Waals surface area contributed by atoms with Crippen molar-refractivity contribution in [3.8, 4) is 0 Å². The molecule has 2 aromatic rings. The van der Waals surface area contributed by atoms with Gasteiger partial charge in [-0.2, -0.15) is 0 Å². The van der Waals surface area contributed by atoms with Gasteiger partial charge >= 0.3 is 0 Å². The molecule has 0 unspecified atom stereocenters. The van der Waals surface area contributed by atoms with Crippen LogP contribution in [0.25, 0.3) is 11.0 Å². The molecule has 4 heteroatoms. The van der Waals surface area contributed by atoms with E-state index in [0.29, 0.717) is 19.0 Å². The third kappa shape index (κ3) is 1.70. The quantitative estimate of drug-likeness (QED) is 0.890. The van der Waals surface area contributed by atoms with Crippen LogP contribution >= 0.6 is 0 Å². The topological polar surface area (TPSA) is 49.2 Å². The number of β-amino-alcohol motifs (C(OH)–C–C–N with tert-alkyl or cyclic N) is 1. The highest BCUT2D eigenvalue weighted by Crippen LogP contribution is 2.45. The van der Waals surface area contributed by atoms with Crippen molar-refractivity contribution in [2.24, 2.45) is 5.92 Å². The minimum absolute atomic E-state index is 0.472. The van der Waals surface area contributed by atoms with Crippen LogP contribution in [0.2, 0.25) is 0 Å². The molecule has 0 bridgehead atoms. The van der Waals surface area contributed by atoms with Crippen LogP contribution in [0.1, 0.15) is 18.5 Å². The molecular weight excluding hydrogens is 238 g/mol. The highest BCUT2D eigenvalue weighted by atomic mass is 16.3. The molecule has 2 aliphatic rings. The molecule has 4 nitrogen and oxygen atoms in total. The van der Waals surface area contributed by atoms with Crippen molar-refractivity contribution in [3.05, 3.63) is 30.0 Å². The van der Waals surface area contributed by atoms with Crippen molar-refractivity contribution in [2.45, 2.75) is 25.4 Å². The molecule has 4 rings (SSSR count). The van der Waals surface area contributed by atoms with Crippen LogP contribution < -0.4 is 4.90 Å². The number of aromatic nitrogens is 2. The van der Waals surface area contributed by atoms with Gasteiger partial charge in [-0.05, 0) is 37.8 Å². The Morgan fingerprint density at radius 2 is 1.79 bits per heavy atom. The Labute approximate surface area is 112 Å². The Kier molecular flexibility index (Phi) is 2.16. The first-order valence-corrected chi connectivity index (χ1v) is 6.86. The van der Waals surface area contributed by atoms with Crippen molar-refractivity contribution >= 4 is 16.9 Å². The Bertz CT molecular complexity index is 645. The van der Waals surface area contributed by atoms with Crippen LogP contribution in [0, 0.1) is 12.8 Å². The van der Waals surface area contributed by atoms with Gasteiger partial charge in [0.1, 0.15) is 5.60 Å². The second kappa shape index (κ2) is 3.67. The molecule has 98 valence electrons. The van der Waals surface area contributed by atoms with E-state index in [2.05, 4.69) is 9.88 Å². The fraction of sp³-hybridized carbons (Fsp3) is 0.467.